The van der Waals surface area contributed by atoms with E-state index in [0.717, 1.165) is 96.7 Å². The first-order valence-electron chi connectivity index (χ1n) is 23.0. The van der Waals surface area contributed by atoms with Crippen molar-refractivity contribution in [2.45, 2.75) is 226 Å². The summed E-state index contributed by atoms with van der Waals surface area (Å²) in [6.45, 7) is 11.6. The fourth-order valence-electron chi connectivity index (χ4n) is 6.66. The van der Waals surface area contributed by atoms with E-state index >= 15 is 0 Å². The molecule has 9 heteroatoms. The molecule has 318 valence electrons. The summed E-state index contributed by atoms with van der Waals surface area (Å²) in [5, 5.41) is 9.54. The van der Waals surface area contributed by atoms with Crippen molar-refractivity contribution in [1.29, 1.82) is 0 Å². The van der Waals surface area contributed by atoms with Crippen molar-refractivity contribution in [2.24, 2.45) is 0 Å². The first-order chi connectivity index (χ1) is 26.0. The number of nitrogens with zero attached hydrogens (tertiary/aromatic N) is 1. The normalized spacial score (nSPS) is 11.9. The second-order valence-electron chi connectivity index (χ2n) is 15.4. The maximum Gasteiger partial charge on any atom is 0.474 e. The lowest BCUT2D eigenvalue weighted by Gasteiger charge is -2.21. The number of aliphatic hydroxyl groups is 1. The third kappa shape index (κ3) is 39.5. The van der Waals surface area contributed by atoms with E-state index in [4.69, 9.17) is 18.3 Å². The fraction of sp³-hybridized carbons (Fsp3) is 0.977. The maximum atomic E-state index is 13.3. The number of rotatable bonds is 45. The Bertz CT molecular complexity index is 765. The Morgan fingerprint density at radius 3 is 1.13 bits per heavy atom. The predicted molar refractivity (Wildman–Crippen MR) is 225 cm³/mol. The third-order valence-electron chi connectivity index (χ3n) is 10.1. The minimum Gasteiger partial charge on any atom is -0.466 e. The van der Waals surface area contributed by atoms with Crippen LogP contribution in [0.1, 0.15) is 226 Å². The van der Waals surface area contributed by atoms with E-state index < -0.39 is 7.82 Å². The average Bonchev–Trinajstić information content (AvgIpc) is 3.15. The average molecular weight is 776 g/mol. The summed E-state index contributed by atoms with van der Waals surface area (Å²) >= 11 is 0. The number of aliphatic hydroxyl groups excluding tert-OH is 1. The molecule has 0 aliphatic rings. The first-order valence-corrected chi connectivity index (χ1v) is 24.5. The van der Waals surface area contributed by atoms with Gasteiger partial charge in [0.1, 0.15) is 0 Å². The molecule has 0 atom stereocenters. The fourth-order valence-corrected chi connectivity index (χ4v) is 7.94. The van der Waals surface area contributed by atoms with Crippen LogP contribution in [0.25, 0.3) is 0 Å². The molecular weight excluding hydrogens is 685 g/mol. The zero-order valence-corrected chi connectivity index (χ0v) is 36.5. The summed E-state index contributed by atoms with van der Waals surface area (Å²) in [6, 6.07) is 0. The zero-order valence-electron chi connectivity index (χ0n) is 35.6. The number of phosphoric ester groups is 1. The van der Waals surface area contributed by atoms with Crippen molar-refractivity contribution in [2.75, 3.05) is 52.7 Å². The summed E-state index contributed by atoms with van der Waals surface area (Å²) in [7, 11) is -3.50. The molecule has 0 radical (unpaired) electrons. The summed E-state index contributed by atoms with van der Waals surface area (Å²) in [5.74, 6) is -0.0329. The lowest BCUT2D eigenvalue weighted by molar-refractivity contribution is -0.143. The highest BCUT2D eigenvalue weighted by Crippen LogP contribution is 2.50. The minimum absolute atomic E-state index is 0.0329. The number of hydrogen-bond acceptors (Lipinski definition) is 8. The third-order valence-corrected chi connectivity index (χ3v) is 11.6. The summed E-state index contributed by atoms with van der Waals surface area (Å²) in [5.41, 5.74) is 0. The molecule has 0 saturated heterocycles. The van der Waals surface area contributed by atoms with Crippen LogP contribution in [0.4, 0.5) is 0 Å². The summed E-state index contributed by atoms with van der Waals surface area (Å²) < 4.78 is 36.0. The van der Waals surface area contributed by atoms with E-state index in [-0.39, 0.29) is 12.6 Å². The van der Waals surface area contributed by atoms with E-state index in [9.17, 15) is 14.5 Å². The van der Waals surface area contributed by atoms with Gasteiger partial charge in [-0.05, 0) is 58.0 Å². The molecule has 0 heterocycles. The first kappa shape index (κ1) is 52.5. The topological polar surface area (TPSA) is 94.5 Å². The molecular formula is C44H90NO7P. The van der Waals surface area contributed by atoms with Gasteiger partial charge in [-0.3, -0.25) is 18.4 Å². The molecule has 53 heavy (non-hydrogen) atoms. The van der Waals surface area contributed by atoms with Crippen molar-refractivity contribution < 1.29 is 32.8 Å². The van der Waals surface area contributed by atoms with Crippen molar-refractivity contribution in [3.8, 4) is 0 Å². The molecule has 0 spiro atoms. The van der Waals surface area contributed by atoms with Crippen molar-refractivity contribution in [1.82, 2.24) is 4.90 Å². The van der Waals surface area contributed by atoms with Crippen LogP contribution in [-0.4, -0.2) is 68.6 Å². The van der Waals surface area contributed by atoms with Crippen LogP contribution < -0.4 is 0 Å². The van der Waals surface area contributed by atoms with Gasteiger partial charge in [0.2, 0.25) is 0 Å². The Morgan fingerprint density at radius 2 is 0.755 bits per heavy atom. The molecule has 0 saturated carbocycles. The molecule has 1 N–H and O–H groups in total. The standard InChI is InChI=1S/C44H90NO7P/c1-4-7-10-13-18-24-31-40-49-44(47)35-28-21-20-23-30-37-45(38-39-46)36-29-22-17-16-19-27-34-43-52-53(48,50-41-32-25-14-11-8-5-2)51-42-33-26-15-12-9-6-3/h46H,4-43H2,1-3H3. The van der Waals surface area contributed by atoms with Crippen LogP contribution in [0.3, 0.4) is 0 Å². The van der Waals surface area contributed by atoms with Gasteiger partial charge in [-0.1, -0.05) is 175 Å². The molecule has 0 aromatic heterocycles. The Kier molecular flexibility index (Phi) is 42.2. The number of carbonyl (C=O) groups excluding carboxylic acids is 1. The lowest BCUT2D eigenvalue weighted by Crippen LogP contribution is -2.29. The van der Waals surface area contributed by atoms with Gasteiger partial charge in [0.25, 0.3) is 0 Å². The van der Waals surface area contributed by atoms with Crippen LogP contribution in [0.5, 0.6) is 0 Å². The van der Waals surface area contributed by atoms with Gasteiger partial charge in [-0.15, -0.1) is 0 Å². The second-order valence-corrected chi connectivity index (χ2v) is 17.1. The van der Waals surface area contributed by atoms with E-state index in [2.05, 4.69) is 25.7 Å². The minimum atomic E-state index is -3.50. The van der Waals surface area contributed by atoms with E-state index in [0.29, 0.717) is 32.8 Å². The molecule has 8 nitrogen and oxygen atoms in total. The smallest absolute Gasteiger partial charge is 0.466 e. The molecule has 0 amide bonds. The Morgan fingerprint density at radius 1 is 0.434 bits per heavy atom. The quantitative estimate of drug-likeness (QED) is 0.0371. The Labute approximate surface area is 329 Å². The SMILES string of the molecule is CCCCCCCCCOC(=O)CCCCCCCN(CCO)CCCCCCCCCOP(=O)(OCCCCCCCC)OCCCCCCCC. The van der Waals surface area contributed by atoms with Gasteiger partial charge in [-0.2, -0.15) is 0 Å². The largest absolute Gasteiger partial charge is 0.474 e. The summed E-state index contributed by atoms with van der Waals surface area (Å²) in [6.07, 6.45) is 36.5. The second kappa shape index (κ2) is 42.6. The van der Waals surface area contributed by atoms with Crippen LogP contribution >= 0.6 is 7.82 Å². The number of ether oxygens (including phenoxy) is 1. The molecule has 0 aromatic carbocycles. The molecule has 0 aliphatic heterocycles. The van der Waals surface area contributed by atoms with Crippen molar-refractivity contribution in [3.63, 3.8) is 0 Å². The highest BCUT2D eigenvalue weighted by atomic mass is 31.2. The van der Waals surface area contributed by atoms with Gasteiger partial charge in [0, 0.05) is 13.0 Å². The number of unbranched alkanes of at least 4 members (excludes halogenated alkanes) is 26. The molecule has 0 aromatic rings. The Balaban J connectivity index is 3.95. The molecule has 0 aliphatic carbocycles. The summed E-state index contributed by atoms with van der Waals surface area (Å²) in [4.78, 5) is 14.4. The molecule has 0 bridgehead atoms. The highest BCUT2D eigenvalue weighted by molar-refractivity contribution is 7.48. The van der Waals surface area contributed by atoms with Crippen LogP contribution in [-0.2, 0) is 27.7 Å². The van der Waals surface area contributed by atoms with Crippen LogP contribution in [0.2, 0.25) is 0 Å². The van der Waals surface area contributed by atoms with E-state index in [1.165, 1.54) is 122 Å². The van der Waals surface area contributed by atoms with Crippen LogP contribution in [0.15, 0.2) is 0 Å². The molecule has 0 rings (SSSR count). The monoisotopic (exact) mass is 776 g/mol. The van der Waals surface area contributed by atoms with Crippen molar-refractivity contribution in [3.05, 3.63) is 0 Å². The number of carbonyl (C=O) groups is 1. The van der Waals surface area contributed by atoms with Gasteiger partial charge in [-0.25, -0.2) is 4.57 Å². The maximum absolute atomic E-state index is 13.3. The number of hydrogen-bond donors (Lipinski definition) is 1. The lowest BCUT2D eigenvalue weighted by atomic mass is 10.1. The van der Waals surface area contributed by atoms with Gasteiger partial charge in [0.05, 0.1) is 33.0 Å². The van der Waals surface area contributed by atoms with Gasteiger partial charge >= 0.3 is 13.8 Å². The van der Waals surface area contributed by atoms with Crippen molar-refractivity contribution >= 4 is 13.8 Å². The zero-order chi connectivity index (χ0) is 38.8. The molecule has 0 fully saturated rings. The number of phosphoric acid groups is 1. The van der Waals surface area contributed by atoms with E-state index in [1.807, 2.05) is 0 Å². The van der Waals surface area contributed by atoms with Gasteiger partial charge < -0.3 is 14.7 Å². The predicted octanol–water partition coefficient (Wildman–Crippen LogP) is 13.5. The van der Waals surface area contributed by atoms with E-state index in [1.54, 1.807) is 0 Å². The van der Waals surface area contributed by atoms with Crippen LogP contribution in [0, 0.1) is 0 Å². The number of esters is 1. The van der Waals surface area contributed by atoms with Gasteiger partial charge in [0.15, 0.2) is 0 Å². The highest BCUT2D eigenvalue weighted by Gasteiger charge is 2.26. The molecule has 0 unspecified atom stereocenters. The Hall–Kier alpha value is -0.500.